The molecule has 3 aromatic rings. The molecule has 0 unspecified atom stereocenters. The number of non-ortho nitro benzene ring substituents is 1. The Kier molecular flexibility index (Phi) is 6.14. The first-order valence-electron chi connectivity index (χ1n) is 10.4. The van der Waals surface area contributed by atoms with Crippen LogP contribution in [0.15, 0.2) is 60.7 Å². The normalized spacial score (nSPS) is 12.8. The number of hydrogen-bond donors (Lipinski definition) is 1. The van der Waals surface area contributed by atoms with Crippen molar-refractivity contribution in [1.82, 2.24) is 9.80 Å². The van der Waals surface area contributed by atoms with Crippen LogP contribution in [0.1, 0.15) is 37.5 Å². The molecule has 33 heavy (non-hydrogen) atoms. The Labute approximate surface area is 189 Å². The van der Waals surface area contributed by atoms with Gasteiger partial charge in [-0.1, -0.05) is 24.3 Å². The second-order valence-electron chi connectivity index (χ2n) is 7.64. The number of hydrogen-bond acceptors (Lipinski definition) is 6. The first-order chi connectivity index (χ1) is 15.9. The van der Waals surface area contributed by atoms with Crippen molar-refractivity contribution < 1.29 is 24.4 Å². The quantitative estimate of drug-likeness (QED) is 0.322. The third-order valence-electron chi connectivity index (χ3n) is 5.65. The standard InChI is InChI=1S/C24H21N3O6/c28-15-14-25(22(29)17-8-10-18(11-9-17)27(32)33)12-3-13-26-23(30)19-6-1-4-16-5-2-7-20(21(16)19)24(26)31/h1-2,4-11,28H,3,12-15H2. The van der Waals surface area contributed by atoms with Gasteiger partial charge in [0.1, 0.15) is 0 Å². The fourth-order valence-electron chi connectivity index (χ4n) is 4.05. The lowest BCUT2D eigenvalue weighted by atomic mass is 9.94. The molecule has 0 aliphatic carbocycles. The molecule has 9 nitrogen and oxygen atoms in total. The predicted molar refractivity (Wildman–Crippen MR) is 120 cm³/mol. The van der Waals surface area contributed by atoms with Gasteiger partial charge < -0.3 is 10.0 Å². The van der Waals surface area contributed by atoms with Gasteiger partial charge in [-0.3, -0.25) is 29.4 Å². The molecule has 0 bridgehead atoms. The van der Waals surface area contributed by atoms with Gasteiger partial charge in [-0.25, -0.2) is 0 Å². The van der Waals surface area contributed by atoms with Gasteiger partial charge in [0.2, 0.25) is 0 Å². The Morgan fingerprint density at radius 3 is 2.09 bits per heavy atom. The molecule has 0 atom stereocenters. The van der Waals surface area contributed by atoms with Crippen molar-refractivity contribution in [3.63, 3.8) is 0 Å². The summed E-state index contributed by atoms with van der Waals surface area (Å²) in [6, 6.07) is 15.9. The summed E-state index contributed by atoms with van der Waals surface area (Å²) in [7, 11) is 0. The number of carbonyl (C=O) groups excluding carboxylic acids is 3. The van der Waals surface area contributed by atoms with Crippen molar-refractivity contribution in [1.29, 1.82) is 0 Å². The van der Waals surface area contributed by atoms with Crippen molar-refractivity contribution in [2.45, 2.75) is 6.42 Å². The second kappa shape index (κ2) is 9.17. The van der Waals surface area contributed by atoms with E-state index in [9.17, 15) is 29.6 Å². The Morgan fingerprint density at radius 1 is 0.939 bits per heavy atom. The van der Waals surface area contributed by atoms with Crippen LogP contribution in [0.25, 0.3) is 10.8 Å². The van der Waals surface area contributed by atoms with Crippen LogP contribution in [0.5, 0.6) is 0 Å². The highest BCUT2D eigenvalue weighted by atomic mass is 16.6. The van der Waals surface area contributed by atoms with E-state index in [1.54, 1.807) is 24.3 Å². The molecule has 1 heterocycles. The minimum atomic E-state index is -0.551. The molecule has 1 N–H and O–H groups in total. The van der Waals surface area contributed by atoms with E-state index in [2.05, 4.69) is 0 Å². The zero-order chi connectivity index (χ0) is 23.5. The summed E-state index contributed by atoms with van der Waals surface area (Å²) in [5, 5.41) is 21.7. The van der Waals surface area contributed by atoms with Crippen LogP contribution in [-0.2, 0) is 0 Å². The minimum absolute atomic E-state index is 0.0554. The van der Waals surface area contributed by atoms with Gasteiger partial charge >= 0.3 is 0 Å². The molecule has 0 saturated heterocycles. The number of carbonyl (C=O) groups is 3. The minimum Gasteiger partial charge on any atom is -0.395 e. The van der Waals surface area contributed by atoms with E-state index in [1.807, 2.05) is 12.1 Å². The van der Waals surface area contributed by atoms with Crippen LogP contribution in [-0.4, -0.2) is 63.8 Å². The number of aliphatic hydroxyl groups is 1. The first kappa shape index (κ1) is 22.1. The van der Waals surface area contributed by atoms with Crippen molar-refractivity contribution in [3.05, 3.63) is 87.5 Å². The topological polar surface area (TPSA) is 121 Å². The lowest BCUT2D eigenvalue weighted by Gasteiger charge is -2.28. The molecule has 0 fully saturated rings. The summed E-state index contributed by atoms with van der Waals surface area (Å²) in [6.07, 6.45) is 0.314. The van der Waals surface area contributed by atoms with E-state index in [1.165, 1.54) is 34.1 Å². The number of rotatable bonds is 8. The zero-order valence-corrected chi connectivity index (χ0v) is 17.6. The second-order valence-corrected chi connectivity index (χ2v) is 7.64. The fourth-order valence-corrected chi connectivity index (χ4v) is 4.05. The summed E-state index contributed by atoms with van der Waals surface area (Å²) in [5.74, 6) is -1.15. The van der Waals surface area contributed by atoms with Gasteiger partial charge in [0.25, 0.3) is 23.4 Å². The average molecular weight is 447 g/mol. The van der Waals surface area contributed by atoms with Gasteiger partial charge in [0.15, 0.2) is 0 Å². The zero-order valence-electron chi connectivity index (χ0n) is 17.6. The largest absolute Gasteiger partial charge is 0.395 e. The predicted octanol–water partition coefficient (Wildman–Crippen LogP) is 2.87. The maximum atomic E-state index is 13.0. The Hall–Kier alpha value is -4.11. The summed E-state index contributed by atoms with van der Waals surface area (Å²) in [4.78, 5) is 51.6. The van der Waals surface area contributed by atoms with E-state index >= 15 is 0 Å². The highest BCUT2D eigenvalue weighted by Gasteiger charge is 2.32. The van der Waals surface area contributed by atoms with Crippen LogP contribution < -0.4 is 0 Å². The molecule has 1 aliphatic heterocycles. The van der Waals surface area contributed by atoms with E-state index in [-0.39, 0.29) is 49.3 Å². The SMILES string of the molecule is O=C(c1ccc([N+](=O)[O-])cc1)N(CCO)CCCN1C(=O)c2cccc3cccc(c23)C1=O. The third kappa shape index (κ3) is 4.18. The van der Waals surface area contributed by atoms with Crippen molar-refractivity contribution in [2.24, 2.45) is 0 Å². The number of aliphatic hydroxyl groups excluding tert-OH is 1. The highest BCUT2D eigenvalue weighted by molar-refractivity contribution is 6.25. The number of nitrogens with zero attached hydrogens (tertiary/aromatic N) is 3. The molecule has 4 rings (SSSR count). The summed E-state index contributed by atoms with van der Waals surface area (Å²) < 4.78 is 0. The first-order valence-corrected chi connectivity index (χ1v) is 10.4. The van der Waals surface area contributed by atoms with Crippen molar-refractivity contribution >= 4 is 34.2 Å². The van der Waals surface area contributed by atoms with Gasteiger partial charge in [-0.2, -0.15) is 0 Å². The lowest BCUT2D eigenvalue weighted by molar-refractivity contribution is -0.384. The van der Waals surface area contributed by atoms with Gasteiger partial charge in [0, 0.05) is 53.8 Å². The van der Waals surface area contributed by atoms with E-state index < -0.39 is 10.8 Å². The number of nitro groups is 1. The molecular formula is C24H21N3O6. The van der Waals surface area contributed by atoms with Gasteiger partial charge in [-0.15, -0.1) is 0 Å². The molecule has 9 heteroatoms. The highest BCUT2D eigenvalue weighted by Crippen LogP contribution is 2.30. The molecule has 0 radical (unpaired) electrons. The summed E-state index contributed by atoms with van der Waals surface area (Å²) in [5.41, 5.74) is 1.06. The monoisotopic (exact) mass is 447 g/mol. The van der Waals surface area contributed by atoms with Gasteiger partial charge in [-0.05, 0) is 36.1 Å². The Bertz CT molecular complexity index is 1200. The molecule has 0 aromatic heterocycles. The molecule has 1 aliphatic rings. The average Bonchev–Trinajstić information content (AvgIpc) is 2.83. The molecule has 3 amide bonds. The van der Waals surface area contributed by atoms with Crippen LogP contribution >= 0.6 is 0 Å². The third-order valence-corrected chi connectivity index (χ3v) is 5.65. The molecular weight excluding hydrogens is 426 g/mol. The lowest BCUT2D eigenvalue weighted by Crippen LogP contribution is -2.42. The van der Waals surface area contributed by atoms with Crippen LogP contribution in [0.3, 0.4) is 0 Å². The van der Waals surface area contributed by atoms with E-state index in [0.717, 1.165) is 5.39 Å². The van der Waals surface area contributed by atoms with Crippen molar-refractivity contribution in [3.8, 4) is 0 Å². The molecule has 168 valence electrons. The van der Waals surface area contributed by atoms with Gasteiger partial charge in [0.05, 0.1) is 11.5 Å². The fraction of sp³-hybridized carbons (Fsp3) is 0.208. The number of imide groups is 1. The van der Waals surface area contributed by atoms with Crippen LogP contribution in [0.2, 0.25) is 0 Å². The number of nitro benzene ring substituents is 1. The smallest absolute Gasteiger partial charge is 0.269 e. The van der Waals surface area contributed by atoms with Crippen molar-refractivity contribution in [2.75, 3.05) is 26.2 Å². The molecule has 3 aromatic carbocycles. The maximum Gasteiger partial charge on any atom is 0.269 e. The van der Waals surface area contributed by atoms with E-state index in [0.29, 0.717) is 22.9 Å². The van der Waals surface area contributed by atoms with E-state index in [4.69, 9.17) is 0 Å². The Morgan fingerprint density at radius 2 is 1.55 bits per heavy atom. The number of amides is 3. The maximum absolute atomic E-state index is 13.0. The van der Waals surface area contributed by atoms with Crippen LogP contribution in [0, 0.1) is 10.1 Å². The Balaban J connectivity index is 1.46. The molecule has 0 spiro atoms. The number of benzene rings is 3. The van der Waals surface area contributed by atoms with Crippen LogP contribution in [0.4, 0.5) is 5.69 Å². The molecule has 0 saturated carbocycles. The summed E-state index contributed by atoms with van der Waals surface area (Å²) >= 11 is 0. The summed E-state index contributed by atoms with van der Waals surface area (Å²) in [6.45, 7) is 0.0900.